The molecule has 0 aromatic rings. The Bertz CT molecular complexity index is 319. The minimum absolute atomic E-state index is 0.0157. The Morgan fingerprint density at radius 3 is 2.71 bits per heavy atom. The van der Waals surface area contributed by atoms with Gasteiger partial charge >= 0.3 is 0 Å². The van der Waals surface area contributed by atoms with Crippen molar-refractivity contribution in [1.82, 2.24) is 0 Å². The van der Waals surface area contributed by atoms with Crippen molar-refractivity contribution in [3.05, 3.63) is 10.6 Å². The highest BCUT2D eigenvalue weighted by atomic mass is 79.9. The summed E-state index contributed by atoms with van der Waals surface area (Å²) in [6.07, 6.45) is 2.53. The number of hydrogen-bond donors (Lipinski definition) is 0. The minimum Gasteiger partial charge on any atom is -0.549 e. The van der Waals surface area contributed by atoms with Gasteiger partial charge in [-0.1, -0.05) is 29.8 Å². The zero-order chi connectivity index (χ0) is 10.6. The van der Waals surface area contributed by atoms with E-state index in [4.69, 9.17) is 0 Å². The fourth-order valence-electron chi connectivity index (χ4n) is 3.28. The maximum absolute atomic E-state index is 11.3. The Hall–Kier alpha value is -0.310. The Kier molecular flexibility index (Phi) is 2.08. The maximum atomic E-state index is 11.3. The van der Waals surface area contributed by atoms with Gasteiger partial charge < -0.3 is 9.90 Å². The molecule has 0 spiro atoms. The van der Waals surface area contributed by atoms with E-state index in [-0.39, 0.29) is 5.41 Å². The smallest absolute Gasteiger partial charge is 0.0517 e. The molecule has 0 saturated heterocycles. The summed E-state index contributed by atoms with van der Waals surface area (Å²) in [5, 5.41) is 11.3. The monoisotopic (exact) mass is 257 g/mol. The number of fused-ring (bicyclic) bond motifs is 2. The normalized spacial score (nSPS) is 41.9. The van der Waals surface area contributed by atoms with Crippen LogP contribution in [-0.4, -0.2) is 5.97 Å². The van der Waals surface area contributed by atoms with E-state index in [1.807, 2.05) is 4.99 Å². The Morgan fingerprint density at radius 2 is 2.29 bits per heavy atom. The van der Waals surface area contributed by atoms with E-state index in [9.17, 15) is 9.90 Å². The number of carboxylic acid groups (broad SMARTS) is 1. The SMILES string of the molecule is CC1(C)/C(=C\Br)[C@]2(C(=O)[O-])CC[C@H]1C2. The molecule has 0 N–H and O–H groups in total. The van der Waals surface area contributed by atoms with Gasteiger partial charge in [0.25, 0.3) is 0 Å². The first-order valence-corrected chi connectivity index (χ1v) is 5.89. The minimum atomic E-state index is -0.892. The number of aliphatic carboxylic acids is 1. The van der Waals surface area contributed by atoms with Gasteiger partial charge in [-0.3, -0.25) is 0 Å². The highest BCUT2D eigenvalue weighted by Crippen LogP contribution is 2.65. The first-order chi connectivity index (χ1) is 6.45. The van der Waals surface area contributed by atoms with E-state index in [2.05, 4.69) is 29.8 Å². The predicted molar refractivity (Wildman–Crippen MR) is 55.6 cm³/mol. The molecular formula is C11H14BrO2-. The van der Waals surface area contributed by atoms with Crippen LogP contribution in [-0.2, 0) is 4.79 Å². The fraction of sp³-hybridized carbons (Fsp3) is 0.727. The second-order valence-corrected chi connectivity index (χ2v) is 5.51. The summed E-state index contributed by atoms with van der Waals surface area (Å²) in [5.74, 6) is -0.388. The van der Waals surface area contributed by atoms with Crippen LogP contribution in [0.5, 0.6) is 0 Å². The van der Waals surface area contributed by atoms with Gasteiger partial charge in [0.1, 0.15) is 0 Å². The fourth-order valence-corrected chi connectivity index (χ4v) is 4.31. The molecule has 2 aliphatic rings. The zero-order valence-electron chi connectivity index (χ0n) is 8.47. The van der Waals surface area contributed by atoms with Gasteiger partial charge in [0, 0.05) is 5.41 Å². The average molecular weight is 258 g/mol. The lowest BCUT2D eigenvalue weighted by Crippen LogP contribution is -2.42. The molecule has 3 heteroatoms. The van der Waals surface area contributed by atoms with Crippen molar-refractivity contribution in [2.45, 2.75) is 33.1 Å². The van der Waals surface area contributed by atoms with Crippen LogP contribution in [0.2, 0.25) is 0 Å². The van der Waals surface area contributed by atoms with Crippen molar-refractivity contribution in [3.8, 4) is 0 Å². The van der Waals surface area contributed by atoms with E-state index in [1.54, 1.807) is 0 Å². The molecule has 2 atom stereocenters. The van der Waals surface area contributed by atoms with Gasteiger partial charge in [-0.15, -0.1) is 0 Å². The van der Waals surface area contributed by atoms with E-state index in [1.165, 1.54) is 0 Å². The van der Waals surface area contributed by atoms with Crippen molar-refractivity contribution in [2.24, 2.45) is 16.7 Å². The van der Waals surface area contributed by atoms with Crippen LogP contribution >= 0.6 is 15.9 Å². The average Bonchev–Trinajstić information content (AvgIpc) is 2.58. The molecule has 2 saturated carbocycles. The van der Waals surface area contributed by atoms with Gasteiger partial charge in [-0.25, -0.2) is 0 Å². The van der Waals surface area contributed by atoms with Crippen LogP contribution in [0, 0.1) is 16.7 Å². The van der Waals surface area contributed by atoms with Crippen LogP contribution in [0.25, 0.3) is 0 Å². The summed E-state index contributed by atoms with van der Waals surface area (Å²) in [4.78, 5) is 13.1. The summed E-state index contributed by atoms with van der Waals surface area (Å²) in [6, 6.07) is 0. The van der Waals surface area contributed by atoms with Gasteiger partial charge in [0.2, 0.25) is 0 Å². The Labute approximate surface area is 92.5 Å². The number of carbonyl (C=O) groups is 1. The van der Waals surface area contributed by atoms with Crippen molar-refractivity contribution in [1.29, 1.82) is 0 Å². The zero-order valence-corrected chi connectivity index (χ0v) is 10.1. The summed E-state index contributed by atoms with van der Waals surface area (Å²) in [6.45, 7) is 4.27. The number of halogens is 1. The first kappa shape index (κ1) is 10.2. The first-order valence-electron chi connectivity index (χ1n) is 4.98. The number of carbonyl (C=O) groups excluding carboxylic acids is 1. The Balaban J connectivity index is 2.52. The van der Waals surface area contributed by atoms with E-state index < -0.39 is 11.4 Å². The van der Waals surface area contributed by atoms with Gasteiger partial charge in [0.15, 0.2) is 0 Å². The molecule has 2 aliphatic carbocycles. The summed E-state index contributed by atoms with van der Waals surface area (Å²) < 4.78 is 0. The third-order valence-electron chi connectivity index (χ3n) is 4.24. The van der Waals surface area contributed by atoms with Crippen molar-refractivity contribution >= 4 is 21.9 Å². The van der Waals surface area contributed by atoms with Crippen LogP contribution in [0.3, 0.4) is 0 Å². The molecule has 0 heterocycles. The molecule has 2 bridgehead atoms. The molecule has 0 radical (unpaired) electrons. The molecule has 0 unspecified atom stereocenters. The van der Waals surface area contributed by atoms with E-state index >= 15 is 0 Å². The predicted octanol–water partition coefficient (Wildman–Crippen LogP) is 1.84. The number of carboxylic acids is 1. The quantitative estimate of drug-likeness (QED) is 0.720. The van der Waals surface area contributed by atoms with Gasteiger partial charge in [-0.05, 0) is 41.2 Å². The second kappa shape index (κ2) is 2.84. The van der Waals surface area contributed by atoms with Crippen molar-refractivity contribution < 1.29 is 9.90 Å². The molecule has 0 aromatic heterocycles. The molecule has 2 nitrogen and oxygen atoms in total. The molecule has 2 rings (SSSR count). The van der Waals surface area contributed by atoms with E-state index in [0.29, 0.717) is 5.92 Å². The third-order valence-corrected chi connectivity index (χ3v) is 4.70. The standard InChI is InChI=1S/C11H15BrO2/c1-10(2)7-3-4-11(5-7,9(13)14)8(10)6-12/h6-7H,3-5H2,1-2H3,(H,13,14)/p-1/b8-6+/t7-,11-/m0/s1. The van der Waals surface area contributed by atoms with Crippen LogP contribution in [0.4, 0.5) is 0 Å². The highest BCUT2D eigenvalue weighted by Gasteiger charge is 2.58. The third kappa shape index (κ3) is 0.992. The summed E-state index contributed by atoms with van der Waals surface area (Å²) >= 11 is 3.30. The molecule has 78 valence electrons. The highest BCUT2D eigenvalue weighted by molar-refractivity contribution is 9.11. The lowest BCUT2D eigenvalue weighted by Gasteiger charge is -2.38. The van der Waals surface area contributed by atoms with E-state index in [0.717, 1.165) is 24.8 Å². The van der Waals surface area contributed by atoms with Crippen molar-refractivity contribution in [3.63, 3.8) is 0 Å². The largest absolute Gasteiger partial charge is 0.549 e. The van der Waals surface area contributed by atoms with Crippen LogP contribution < -0.4 is 5.11 Å². The van der Waals surface area contributed by atoms with Crippen molar-refractivity contribution in [2.75, 3.05) is 0 Å². The molecule has 0 amide bonds. The van der Waals surface area contributed by atoms with Gasteiger partial charge in [0.05, 0.1) is 5.97 Å². The lowest BCUT2D eigenvalue weighted by molar-refractivity contribution is -0.316. The molecular weight excluding hydrogens is 244 g/mol. The van der Waals surface area contributed by atoms with Crippen LogP contribution in [0.1, 0.15) is 33.1 Å². The van der Waals surface area contributed by atoms with Crippen LogP contribution in [0.15, 0.2) is 10.6 Å². The topological polar surface area (TPSA) is 40.1 Å². The lowest BCUT2D eigenvalue weighted by atomic mass is 9.68. The number of rotatable bonds is 1. The number of hydrogen-bond acceptors (Lipinski definition) is 2. The Morgan fingerprint density at radius 1 is 1.64 bits per heavy atom. The molecule has 0 aromatic carbocycles. The summed E-state index contributed by atoms with van der Waals surface area (Å²) in [5.41, 5.74) is 0.362. The second-order valence-electron chi connectivity index (χ2n) is 5.05. The summed E-state index contributed by atoms with van der Waals surface area (Å²) in [7, 11) is 0. The molecule has 14 heavy (non-hydrogen) atoms. The molecule has 0 aliphatic heterocycles. The maximum Gasteiger partial charge on any atom is 0.0517 e. The molecule has 2 fully saturated rings. The van der Waals surface area contributed by atoms with Gasteiger partial charge in [-0.2, -0.15) is 0 Å².